The maximum absolute atomic E-state index is 12.2. The van der Waals surface area contributed by atoms with Gasteiger partial charge in [-0.05, 0) is 30.6 Å². The number of H-pyrrole nitrogens is 1. The molecule has 8 nitrogen and oxygen atoms in total. The first kappa shape index (κ1) is 15.1. The Bertz CT molecular complexity index is 570. The van der Waals surface area contributed by atoms with Crippen molar-refractivity contribution in [3.05, 3.63) is 30.5 Å². The predicted octanol–water partition coefficient (Wildman–Crippen LogP) is 0.888. The van der Waals surface area contributed by atoms with Crippen LogP contribution in [0.5, 0.6) is 0 Å². The molecule has 2 aromatic heterocycles. The van der Waals surface area contributed by atoms with Crippen LogP contribution in [0.1, 0.15) is 17.0 Å². The molecule has 0 saturated carbocycles. The number of nitrogens with zero attached hydrogens (tertiary/aromatic N) is 2. The quantitative estimate of drug-likeness (QED) is 0.700. The van der Waals surface area contributed by atoms with Crippen molar-refractivity contribution in [1.29, 1.82) is 0 Å². The van der Waals surface area contributed by atoms with E-state index in [9.17, 15) is 9.59 Å². The van der Waals surface area contributed by atoms with Crippen molar-refractivity contribution in [1.82, 2.24) is 20.5 Å². The van der Waals surface area contributed by atoms with Crippen LogP contribution < -0.4 is 10.6 Å². The number of thioether (sulfide) groups is 1. The van der Waals surface area contributed by atoms with Crippen LogP contribution in [0.15, 0.2) is 29.1 Å². The molecule has 0 fully saturated rings. The molecule has 2 amide bonds. The number of nitrogens with one attached hydrogen (secondary N) is 3. The molecule has 0 aliphatic heterocycles. The summed E-state index contributed by atoms with van der Waals surface area (Å²) < 4.78 is 5.01. The van der Waals surface area contributed by atoms with Crippen molar-refractivity contribution in [3.8, 4) is 0 Å². The van der Waals surface area contributed by atoms with Gasteiger partial charge in [0, 0.05) is 0 Å². The Morgan fingerprint density at radius 1 is 1.52 bits per heavy atom. The minimum atomic E-state index is -0.680. The van der Waals surface area contributed by atoms with Gasteiger partial charge in [-0.15, -0.1) is 0 Å². The van der Waals surface area contributed by atoms with E-state index in [1.165, 1.54) is 18.7 Å². The van der Waals surface area contributed by atoms with Crippen molar-refractivity contribution in [2.24, 2.45) is 0 Å². The third-order valence-electron chi connectivity index (χ3n) is 2.63. The van der Waals surface area contributed by atoms with Gasteiger partial charge in [-0.25, -0.2) is 5.10 Å². The van der Waals surface area contributed by atoms with E-state index < -0.39 is 11.9 Å². The molecule has 0 spiro atoms. The van der Waals surface area contributed by atoms with E-state index in [4.69, 9.17) is 4.42 Å². The number of hydrogen-bond donors (Lipinski definition) is 3. The number of hydrogen-bond acceptors (Lipinski definition) is 6. The highest BCUT2D eigenvalue weighted by Gasteiger charge is 2.22. The van der Waals surface area contributed by atoms with Gasteiger partial charge < -0.3 is 9.73 Å². The first-order valence-corrected chi connectivity index (χ1v) is 7.59. The SMILES string of the molecule is CSCC[C@H](NC(=O)c1ccco1)C(=O)Nc1ncn[nH]1. The van der Waals surface area contributed by atoms with Crippen LogP contribution in [-0.2, 0) is 4.79 Å². The summed E-state index contributed by atoms with van der Waals surface area (Å²) in [5.74, 6) is 0.338. The lowest BCUT2D eigenvalue weighted by molar-refractivity contribution is -0.118. The van der Waals surface area contributed by atoms with Gasteiger partial charge in [0.1, 0.15) is 12.4 Å². The maximum Gasteiger partial charge on any atom is 0.287 e. The number of rotatable bonds is 7. The average molecular weight is 309 g/mol. The lowest BCUT2D eigenvalue weighted by Crippen LogP contribution is -2.44. The molecule has 0 bridgehead atoms. The minimum absolute atomic E-state index is 0.164. The van der Waals surface area contributed by atoms with Gasteiger partial charge in [0.15, 0.2) is 5.76 Å². The summed E-state index contributed by atoms with van der Waals surface area (Å²) in [7, 11) is 0. The normalized spacial score (nSPS) is 11.9. The summed E-state index contributed by atoms with van der Waals surface area (Å²) in [5, 5.41) is 11.4. The maximum atomic E-state index is 12.2. The molecule has 0 aliphatic carbocycles. The summed E-state index contributed by atoms with van der Waals surface area (Å²) in [4.78, 5) is 27.9. The van der Waals surface area contributed by atoms with E-state index in [1.807, 2.05) is 6.26 Å². The zero-order valence-corrected chi connectivity index (χ0v) is 12.1. The topological polar surface area (TPSA) is 113 Å². The lowest BCUT2D eigenvalue weighted by atomic mass is 10.2. The van der Waals surface area contributed by atoms with E-state index in [0.717, 1.165) is 5.75 Å². The van der Waals surface area contributed by atoms with Gasteiger partial charge in [-0.1, -0.05) is 0 Å². The van der Waals surface area contributed by atoms with Crippen molar-refractivity contribution in [2.75, 3.05) is 17.3 Å². The molecular weight excluding hydrogens is 294 g/mol. The molecule has 0 saturated heterocycles. The Balaban J connectivity index is 1.99. The molecular formula is C12H15N5O3S. The molecule has 9 heteroatoms. The zero-order valence-electron chi connectivity index (χ0n) is 11.3. The molecule has 0 aliphatic rings. The number of carbonyl (C=O) groups is 2. The van der Waals surface area contributed by atoms with E-state index >= 15 is 0 Å². The lowest BCUT2D eigenvalue weighted by Gasteiger charge is -2.16. The Kier molecular flexibility index (Phi) is 5.38. The van der Waals surface area contributed by atoms with Crippen molar-refractivity contribution >= 4 is 29.5 Å². The molecule has 112 valence electrons. The second-order valence-corrected chi connectivity index (χ2v) is 5.09. The first-order valence-electron chi connectivity index (χ1n) is 6.20. The minimum Gasteiger partial charge on any atom is -0.459 e. The van der Waals surface area contributed by atoms with Crippen molar-refractivity contribution in [3.63, 3.8) is 0 Å². The summed E-state index contributed by atoms with van der Waals surface area (Å²) in [6.07, 6.45) is 5.11. The Hall–Kier alpha value is -2.29. The third kappa shape index (κ3) is 4.35. The highest BCUT2D eigenvalue weighted by Crippen LogP contribution is 2.06. The molecule has 2 heterocycles. The van der Waals surface area contributed by atoms with E-state index in [2.05, 4.69) is 25.8 Å². The average Bonchev–Trinajstić information content (AvgIpc) is 3.15. The fraction of sp³-hybridized carbons (Fsp3) is 0.333. The second kappa shape index (κ2) is 7.48. The van der Waals surface area contributed by atoms with Crippen LogP contribution in [0.2, 0.25) is 0 Å². The third-order valence-corrected chi connectivity index (χ3v) is 3.28. The molecule has 21 heavy (non-hydrogen) atoms. The summed E-state index contributed by atoms with van der Waals surface area (Å²) >= 11 is 1.59. The molecule has 2 rings (SSSR count). The molecule has 2 aromatic rings. The molecule has 1 atom stereocenters. The number of aromatic amines is 1. The van der Waals surface area contributed by atoms with Crippen LogP contribution in [0, 0.1) is 0 Å². The van der Waals surface area contributed by atoms with Gasteiger partial charge in [0.05, 0.1) is 6.26 Å². The number of amides is 2. The number of anilines is 1. The van der Waals surface area contributed by atoms with Gasteiger partial charge in [-0.2, -0.15) is 21.8 Å². The highest BCUT2D eigenvalue weighted by atomic mass is 32.2. The number of aromatic nitrogens is 3. The largest absolute Gasteiger partial charge is 0.459 e. The van der Waals surface area contributed by atoms with Crippen LogP contribution in [0.3, 0.4) is 0 Å². The van der Waals surface area contributed by atoms with E-state index in [1.54, 1.807) is 17.8 Å². The van der Waals surface area contributed by atoms with Crippen molar-refractivity contribution < 1.29 is 14.0 Å². The smallest absolute Gasteiger partial charge is 0.287 e. The predicted molar refractivity (Wildman–Crippen MR) is 78.0 cm³/mol. The van der Waals surface area contributed by atoms with E-state index in [-0.39, 0.29) is 17.6 Å². The summed E-state index contributed by atoms with van der Waals surface area (Å²) in [6.45, 7) is 0. The van der Waals surface area contributed by atoms with Gasteiger partial charge in [-0.3, -0.25) is 14.9 Å². The zero-order chi connectivity index (χ0) is 15.1. The summed E-state index contributed by atoms with van der Waals surface area (Å²) in [5.41, 5.74) is 0. The Morgan fingerprint density at radius 2 is 2.38 bits per heavy atom. The standard InChI is InChI=1S/C12H15N5O3S/c1-21-6-4-8(10(18)16-12-13-7-14-17-12)15-11(19)9-3-2-5-20-9/h2-3,5,7-8H,4,6H2,1H3,(H,15,19)(H2,13,14,16,17,18)/t8-/m0/s1. The Morgan fingerprint density at radius 3 is 3.00 bits per heavy atom. The number of furan rings is 1. The molecule has 0 aromatic carbocycles. The summed E-state index contributed by atoms with van der Waals surface area (Å²) in [6, 6.07) is 2.47. The first-order chi connectivity index (χ1) is 10.2. The fourth-order valence-corrected chi connectivity index (χ4v) is 2.08. The Labute approximate surface area is 125 Å². The van der Waals surface area contributed by atoms with Gasteiger partial charge in [0.25, 0.3) is 5.91 Å². The highest BCUT2D eigenvalue weighted by molar-refractivity contribution is 7.98. The van der Waals surface area contributed by atoms with Crippen molar-refractivity contribution in [2.45, 2.75) is 12.5 Å². The van der Waals surface area contributed by atoms with Crippen LogP contribution in [-0.4, -0.2) is 45.0 Å². The van der Waals surface area contributed by atoms with Crippen LogP contribution in [0.4, 0.5) is 5.95 Å². The van der Waals surface area contributed by atoms with Gasteiger partial charge >= 0.3 is 0 Å². The molecule has 0 unspecified atom stereocenters. The van der Waals surface area contributed by atoms with E-state index in [0.29, 0.717) is 6.42 Å². The molecule has 3 N–H and O–H groups in total. The second-order valence-electron chi connectivity index (χ2n) is 4.11. The van der Waals surface area contributed by atoms with Crippen LogP contribution in [0.25, 0.3) is 0 Å². The van der Waals surface area contributed by atoms with Crippen LogP contribution >= 0.6 is 11.8 Å². The monoisotopic (exact) mass is 309 g/mol. The number of carbonyl (C=O) groups excluding carboxylic acids is 2. The fourth-order valence-electron chi connectivity index (χ4n) is 1.61. The molecule has 0 radical (unpaired) electrons. The van der Waals surface area contributed by atoms with Gasteiger partial charge in [0.2, 0.25) is 11.9 Å².